The van der Waals surface area contributed by atoms with Gasteiger partial charge < -0.3 is 15.3 Å². The molecule has 2 aliphatic heterocycles. The molecule has 0 aromatic carbocycles. The number of aliphatic hydroxyl groups is 1. The highest BCUT2D eigenvalue weighted by Gasteiger charge is 2.58. The van der Waals surface area contributed by atoms with Gasteiger partial charge in [-0.1, -0.05) is 0 Å². The first-order valence-electron chi connectivity index (χ1n) is 6.51. The number of piperidine rings is 1. The molecule has 0 aromatic rings. The number of nitrogens with zero attached hydrogens (tertiary/aromatic N) is 1. The van der Waals surface area contributed by atoms with Crippen LogP contribution < -0.4 is 5.32 Å². The van der Waals surface area contributed by atoms with Crippen LogP contribution >= 0.6 is 12.4 Å². The maximum Gasteiger partial charge on any atom is 0.419 e. The van der Waals surface area contributed by atoms with E-state index in [2.05, 4.69) is 5.32 Å². The summed E-state index contributed by atoms with van der Waals surface area (Å²) < 4.78 is 38.1. The van der Waals surface area contributed by atoms with Crippen LogP contribution in [0.2, 0.25) is 0 Å². The lowest BCUT2D eigenvalue weighted by atomic mass is 9.89. The summed E-state index contributed by atoms with van der Waals surface area (Å²) in [6, 6.07) is 0. The van der Waals surface area contributed by atoms with Crippen molar-refractivity contribution in [1.82, 2.24) is 10.2 Å². The largest absolute Gasteiger partial charge is 0.419 e. The van der Waals surface area contributed by atoms with Crippen molar-refractivity contribution in [2.24, 2.45) is 0 Å². The lowest BCUT2D eigenvalue weighted by molar-refractivity contribution is -0.253. The van der Waals surface area contributed by atoms with E-state index in [9.17, 15) is 23.1 Å². The van der Waals surface area contributed by atoms with Crippen LogP contribution in [0.3, 0.4) is 0 Å². The van der Waals surface area contributed by atoms with Gasteiger partial charge >= 0.3 is 6.18 Å². The van der Waals surface area contributed by atoms with Crippen molar-refractivity contribution in [2.75, 3.05) is 19.6 Å². The zero-order chi connectivity index (χ0) is 14.3. The predicted molar refractivity (Wildman–Crippen MR) is 69.7 cm³/mol. The van der Waals surface area contributed by atoms with Crippen LogP contribution in [0.5, 0.6) is 0 Å². The normalized spacial score (nSPS) is 34.8. The number of hydrogen-bond donors (Lipinski definition) is 2. The van der Waals surface area contributed by atoms with Crippen LogP contribution in [0.4, 0.5) is 13.2 Å². The molecule has 2 N–H and O–H groups in total. The van der Waals surface area contributed by atoms with Gasteiger partial charge in [-0.05, 0) is 32.7 Å². The maximum atomic E-state index is 12.7. The van der Waals surface area contributed by atoms with Crippen molar-refractivity contribution >= 4 is 18.3 Å². The second kappa shape index (κ2) is 5.69. The standard InChI is InChI=1S/C12H19F3N2O2.ClH/c1-10(4-2-3-6-16-10)9(18)17-7-5-11(19,8-17)12(13,14)15;/h16,19H,2-8H2,1H3;1H. The summed E-state index contributed by atoms with van der Waals surface area (Å²) in [5, 5.41) is 12.7. The fraction of sp³-hybridized carbons (Fsp3) is 0.917. The smallest absolute Gasteiger partial charge is 0.379 e. The van der Waals surface area contributed by atoms with Gasteiger partial charge in [0.1, 0.15) is 0 Å². The third-order valence-corrected chi connectivity index (χ3v) is 4.15. The number of halogens is 4. The highest BCUT2D eigenvalue weighted by molar-refractivity contribution is 5.86. The van der Waals surface area contributed by atoms with E-state index >= 15 is 0 Å². The molecule has 20 heavy (non-hydrogen) atoms. The van der Waals surface area contributed by atoms with Crippen LogP contribution in [0.15, 0.2) is 0 Å². The first kappa shape index (κ1) is 17.5. The quantitative estimate of drug-likeness (QED) is 0.770. The summed E-state index contributed by atoms with van der Waals surface area (Å²) in [5.74, 6) is -0.340. The highest BCUT2D eigenvalue weighted by Crippen LogP contribution is 2.38. The van der Waals surface area contributed by atoms with E-state index in [0.29, 0.717) is 13.0 Å². The van der Waals surface area contributed by atoms with Gasteiger partial charge in [0.05, 0.1) is 12.1 Å². The van der Waals surface area contributed by atoms with Gasteiger partial charge in [-0.2, -0.15) is 13.2 Å². The van der Waals surface area contributed by atoms with Crippen LogP contribution in [-0.2, 0) is 4.79 Å². The van der Waals surface area contributed by atoms with E-state index in [0.717, 1.165) is 17.7 Å². The number of hydrogen-bond acceptors (Lipinski definition) is 3. The van der Waals surface area contributed by atoms with Gasteiger partial charge in [0.15, 0.2) is 5.60 Å². The molecule has 8 heteroatoms. The van der Waals surface area contributed by atoms with E-state index < -0.39 is 30.3 Å². The van der Waals surface area contributed by atoms with Gasteiger partial charge in [0, 0.05) is 13.0 Å². The summed E-state index contributed by atoms with van der Waals surface area (Å²) in [7, 11) is 0. The molecule has 0 aliphatic carbocycles. The highest BCUT2D eigenvalue weighted by atomic mass is 35.5. The Hall–Kier alpha value is -0.530. The van der Waals surface area contributed by atoms with Gasteiger partial charge in [-0.25, -0.2) is 0 Å². The molecule has 2 aliphatic rings. The van der Waals surface area contributed by atoms with Gasteiger partial charge in [-0.3, -0.25) is 4.79 Å². The Bertz CT molecular complexity index is 372. The summed E-state index contributed by atoms with van der Waals surface area (Å²) in [6.45, 7) is 1.71. The van der Waals surface area contributed by atoms with Crippen molar-refractivity contribution in [3.05, 3.63) is 0 Å². The van der Waals surface area contributed by atoms with Crippen molar-refractivity contribution in [3.63, 3.8) is 0 Å². The fourth-order valence-corrected chi connectivity index (χ4v) is 2.79. The summed E-state index contributed by atoms with van der Waals surface area (Å²) >= 11 is 0. The minimum atomic E-state index is -4.69. The van der Waals surface area contributed by atoms with E-state index in [1.54, 1.807) is 6.92 Å². The molecule has 2 atom stereocenters. The van der Waals surface area contributed by atoms with Crippen molar-refractivity contribution in [2.45, 2.75) is 49.9 Å². The minimum absolute atomic E-state index is 0. The Kier molecular flexibility index (Phi) is 4.99. The Morgan fingerprint density at radius 3 is 2.40 bits per heavy atom. The molecular weight excluding hydrogens is 297 g/mol. The Labute approximate surface area is 122 Å². The molecule has 0 spiro atoms. The molecule has 0 bridgehead atoms. The summed E-state index contributed by atoms with van der Waals surface area (Å²) in [6.07, 6.45) is -2.67. The molecule has 2 rings (SSSR count). The van der Waals surface area contributed by atoms with Gasteiger partial charge in [0.2, 0.25) is 5.91 Å². The SMILES string of the molecule is CC1(C(=O)N2CCC(O)(C(F)(F)F)C2)CCCCN1.Cl. The molecule has 4 nitrogen and oxygen atoms in total. The lowest BCUT2D eigenvalue weighted by Gasteiger charge is -2.37. The predicted octanol–water partition coefficient (Wildman–Crippen LogP) is 1.47. The zero-order valence-electron chi connectivity index (χ0n) is 11.3. The second-order valence-corrected chi connectivity index (χ2v) is 5.72. The maximum absolute atomic E-state index is 12.7. The fourth-order valence-electron chi connectivity index (χ4n) is 2.79. The third kappa shape index (κ3) is 3.04. The minimum Gasteiger partial charge on any atom is -0.379 e. The lowest BCUT2D eigenvalue weighted by Crippen LogP contribution is -2.58. The van der Waals surface area contributed by atoms with Crippen molar-refractivity contribution < 1.29 is 23.1 Å². The number of amides is 1. The number of carbonyl (C=O) groups is 1. The molecule has 0 radical (unpaired) electrons. The van der Waals surface area contributed by atoms with Crippen molar-refractivity contribution in [1.29, 1.82) is 0 Å². The number of rotatable bonds is 1. The van der Waals surface area contributed by atoms with Crippen LogP contribution in [0, 0.1) is 0 Å². The number of likely N-dealkylation sites (tertiary alicyclic amines) is 1. The number of β-amino-alcohol motifs (C(OH)–C–C–N with tert-alkyl or cyclic N) is 1. The van der Waals surface area contributed by atoms with E-state index in [1.807, 2.05) is 0 Å². The molecule has 2 fully saturated rings. The molecule has 0 saturated carbocycles. The topological polar surface area (TPSA) is 52.6 Å². The first-order chi connectivity index (χ1) is 8.68. The van der Waals surface area contributed by atoms with E-state index in [4.69, 9.17) is 0 Å². The number of alkyl halides is 3. The van der Waals surface area contributed by atoms with Crippen LogP contribution in [0.25, 0.3) is 0 Å². The molecule has 2 saturated heterocycles. The number of carbonyl (C=O) groups excluding carboxylic acids is 1. The Balaban J connectivity index is 0.00000200. The molecule has 0 aromatic heterocycles. The molecular formula is C12H20ClF3N2O2. The Morgan fingerprint density at radius 2 is 1.95 bits per heavy atom. The van der Waals surface area contributed by atoms with Gasteiger partial charge in [0.25, 0.3) is 0 Å². The van der Waals surface area contributed by atoms with E-state index in [1.165, 1.54) is 0 Å². The zero-order valence-corrected chi connectivity index (χ0v) is 12.1. The van der Waals surface area contributed by atoms with E-state index in [-0.39, 0.29) is 24.9 Å². The monoisotopic (exact) mass is 316 g/mol. The average molecular weight is 317 g/mol. The average Bonchev–Trinajstić information content (AvgIpc) is 2.72. The number of nitrogens with one attached hydrogen (secondary N) is 1. The summed E-state index contributed by atoms with van der Waals surface area (Å²) in [5.41, 5.74) is -3.55. The second-order valence-electron chi connectivity index (χ2n) is 5.72. The summed E-state index contributed by atoms with van der Waals surface area (Å²) in [4.78, 5) is 13.5. The van der Waals surface area contributed by atoms with Crippen LogP contribution in [-0.4, -0.2) is 52.9 Å². The molecule has 118 valence electrons. The first-order valence-corrected chi connectivity index (χ1v) is 6.51. The molecule has 2 unspecified atom stereocenters. The molecule has 2 heterocycles. The van der Waals surface area contributed by atoms with Crippen molar-refractivity contribution in [3.8, 4) is 0 Å². The van der Waals surface area contributed by atoms with Crippen LogP contribution in [0.1, 0.15) is 32.6 Å². The molecule has 1 amide bonds. The Morgan fingerprint density at radius 1 is 1.30 bits per heavy atom. The third-order valence-electron chi connectivity index (χ3n) is 4.15. The van der Waals surface area contributed by atoms with Gasteiger partial charge in [-0.15, -0.1) is 12.4 Å².